The van der Waals surface area contributed by atoms with Gasteiger partial charge in [0.2, 0.25) is 0 Å². The number of carbonyl (C=O) groups is 3. The van der Waals surface area contributed by atoms with Gasteiger partial charge in [-0.2, -0.15) is 0 Å². The van der Waals surface area contributed by atoms with Crippen LogP contribution in [-0.4, -0.2) is 76.5 Å². The highest BCUT2D eigenvalue weighted by Gasteiger charge is 2.39. The summed E-state index contributed by atoms with van der Waals surface area (Å²) in [6.07, 6.45) is 0.831. The molecule has 2 aliphatic rings. The minimum atomic E-state index is -0.948. The topological polar surface area (TPSA) is 101 Å². The highest BCUT2D eigenvalue weighted by atomic mass is 32.2. The van der Waals surface area contributed by atoms with Gasteiger partial charge < -0.3 is 14.8 Å². The molecule has 2 heterocycles. The summed E-state index contributed by atoms with van der Waals surface area (Å²) in [6.45, 7) is 12.4. The van der Waals surface area contributed by atoms with Crippen LogP contribution in [0, 0.1) is 0 Å². The number of piperazine rings is 1. The third-order valence-corrected chi connectivity index (χ3v) is 8.62. The number of aromatic nitrogens is 1. The summed E-state index contributed by atoms with van der Waals surface area (Å²) < 4.78 is 12.2. The molecule has 0 saturated carbocycles. The summed E-state index contributed by atoms with van der Waals surface area (Å²) in [5, 5.41) is 3.67. The Morgan fingerprint density at radius 3 is 2.44 bits per heavy atom. The number of rotatable bonds is 8. The Bertz CT molecular complexity index is 1520. The van der Waals surface area contributed by atoms with E-state index in [4.69, 9.17) is 9.47 Å². The van der Waals surface area contributed by atoms with Gasteiger partial charge in [0.15, 0.2) is 5.78 Å². The maximum atomic E-state index is 14.5. The molecule has 5 rings (SSSR count). The second kappa shape index (κ2) is 12.9. The van der Waals surface area contributed by atoms with Crippen LogP contribution in [0.2, 0.25) is 0 Å². The molecule has 3 aromatic rings. The molecule has 1 aliphatic heterocycles. The molecule has 226 valence electrons. The van der Waals surface area contributed by atoms with Crippen LogP contribution >= 0.6 is 11.9 Å². The first kappa shape index (κ1) is 30.7. The van der Waals surface area contributed by atoms with Gasteiger partial charge in [0.25, 0.3) is 0 Å². The number of hydrogen-bond acceptors (Lipinski definition) is 9. The molecule has 0 spiro atoms. The first-order valence-corrected chi connectivity index (χ1v) is 15.4. The lowest BCUT2D eigenvalue weighted by Crippen LogP contribution is -2.45. The number of nitrogens with one attached hydrogen (secondary N) is 1. The van der Waals surface area contributed by atoms with Crippen LogP contribution in [0.5, 0.6) is 0 Å². The maximum absolute atomic E-state index is 14.5. The number of amides is 1. The van der Waals surface area contributed by atoms with Crippen molar-refractivity contribution in [3.05, 3.63) is 83.0 Å². The summed E-state index contributed by atoms with van der Waals surface area (Å²) >= 11 is 0.906. The van der Waals surface area contributed by atoms with Crippen LogP contribution in [0.1, 0.15) is 72.5 Å². The van der Waals surface area contributed by atoms with Gasteiger partial charge in [-0.15, -0.1) is 0 Å². The molecule has 0 radical (unpaired) electrons. The zero-order chi connectivity index (χ0) is 30.7. The summed E-state index contributed by atoms with van der Waals surface area (Å²) in [5.41, 5.74) is 4.25. The Morgan fingerprint density at radius 2 is 1.72 bits per heavy atom. The van der Waals surface area contributed by atoms with Gasteiger partial charge in [-0.1, -0.05) is 42.5 Å². The van der Waals surface area contributed by atoms with Crippen molar-refractivity contribution >= 4 is 29.8 Å². The van der Waals surface area contributed by atoms with Crippen LogP contribution in [0.25, 0.3) is 11.1 Å². The van der Waals surface area contributed by atoms with E-state index in [1.165, 1.54) is 16.1 Å². The third kappa shape index (κ3) is 6.46. The van der Waals surface area contributed by atoms with Crippen molar-refractivity contribution in [2.24, 2.45) is 0 Å². The van der Waals surface area contributed by atoms with Crippen molar-refractivity contribution in [3.8, 4) is 11.1 Å². The SMILES string of the molecule is CCOC(=O)c1cccnc1SN(C(=O)OC(C)(C)C)[C@H](C)C(=O)c1cccc2c1[C@H](N1CCNCC1)c1ccccc1-2. The number of ether oxygens (including phenoxy) is 2. The van der Waals surface area contributed by atoms with E-state index in [9.17, 15) is 14.4 Å². The van der Waals surface area contributed by atoms with Gasteiger partial charge in [0.1, 0.15) is 16.7 Å². The fourth-order valence-electron chi connectivity index (χ4n) is 5.60. The van der Waals surface area contributed by atoms with E-state index < -0.39 is 23.7 Å². The standard InChI is InChI=1S/C33H38N4O5S/c1-6-41-31(39)26-15-10-16-35-30(26)43-37(32(40)42-33(3,4)5)21(2)29(38)25-14-9-13-23-22-11-7-8-12-24(22)28(27(23)25)36-19-17-34-18-20-36/h7-16,21,28,34H,6,17-20H2,1-5H3/t21-,28-/m1/s1. The lowest BCUT2D eigenvalue weighted by molar-refractivity contribution is 0.0352. The summed E-state index contributed by atoms with van der Waals surface area (Å²) in [6, 6.07) is 16.3. The Balaban J connectivity index is 1.55. The van der Waals surface area contributed by atoms with Gasteiger partial charge in [-0.3, -0.25) is 9.69 Å². The third-order valence-electron chi connectivity index (χ3n) is 7.46. The number of carbonyl (C=O) groups excluding carboxylic acids is 3. The van der Waals surface area contributed by atoms with Crippen LogP contribution in [0.15, 0.2) is 65.8 Å². The van der Waals surface area contributed by atoms with Crippen molar-refractivity contribution < 1.29 is 23.9 Å². The van der Waals surface area contributed by atoms with Gasteiger partial charge in [0.05, 0.1) is 18.2 Å². The van der Waals surface area contributed by atoms with E-state index >= 15 is 0 Å². The first-order valence-electron chi connectivity index (χ1n) is 14.6. The van der Waals surface area contributed by atoms with Crippen LogP contribution in [0.4, 0.5) is 4.79 Å². The molecule has 2 atom stereocenters. The molecular weight excluding hydrogens is 564 g/mol. The molecule has 1 fully saturated rings. The van der Waals surface area contributed by atoms with Gasteiger partial charge in [-0.05, 0) is 69.0 Å². The minimum Gasteiger partial charge on any atom is -0.462 e. The van der Waals surface area contributed by atoms with E-state index in [0.29, 0.717) is 5.56 Å². The van der Waals surface area contributed by atoms with Gasteiger partial charge >= 0.3 is 12.1 Å². The molecule has 10 heteroatoms. The molecule has 1 amide bonds. The van der Waals surface area contributed by atoms with Crippen LogP contribution in [0.3, 0.4) is 0 Å². The normalized spacial score (nSPS) is 17.0. The summed E-state index contributed by atoms with van der Waals surface area (Å²) in [5.74, 6) is -0.782. The Hall–Kier alpha value is -3.73. The second-order valence-electron chi connectivity index (χ2n) is 11.6. The summed E-state index contributed by atoms with van der Waals surface area (Å²) in [7, 11) is 0. The minimum absolute atomic E-state index is 0.0745. The monoisotopic (exact) mass is 602 g/mol. The van der Waals surface area contributed by atoms with Gasteiger partial charge in [0, 0.05) is 49.9 Å². The largest absolute Gasteiger partial charge is 0.462 e. The molecule has 43 heavy (non-hydrogen) atoms. The van der Waals surface area contributed by atoms with Crippen LogP contribution < -0.4 is 5.32 Å². The fourth-order valence-corrected chi connectivity index (χ4v) is 6.51. The van der Waals surface area contributed by atoms with Crippen LogP contribution in [-0.2, 0) is 9.47 Å². The lowest BCUT2D eigenvalue weighted by atomic mass is 9.92. The van der Waals surface area contributed by atoms with Crippen molar-refractivity contribution in [3.63, 3.8) is 0 Å². The number of ketones is 1. The smallest absolute Gasteiger partial charge is 0.421 e. The number of fused-ring (bicyclic) bond motifs is 3. The van der Waals surface area contributed by atoms with E-state index in [1.54, 1.807) is 46.8 Å². The Morgan fingerprint density at radius 1 is 1.02 bits per heavy atom. The summed E-state index contributed by atoms with van der Waals surface area (Å²) in [4.78, 5) is 47.6. The second-order valence-corrected chi connectivity index (χ2v) is 12.5. The number of Topliss-reactive ketones (excluding diaryl/α,β-unsaturated/α-hetero) is 1. The van der Waals surface area contributed by atoms with E-state index in [-0.39, 0.29) is 29.0 Å². The quantitative estimate of drug-likeness (QED) is 0.196. The molecule has 1 aliphatic carbocycles. The molecule has 1 aromatic heterocycles. The Labute approximate surface area is 257 Å². The molecule has 1 saturated heterocycles. The van der Waals surface area contributed by atoms with Crippen molar-refractivity contribution in [2.45, 2.75) is 57.3 Å². The predicted octanol–water partition coefficient (Wildman–Crippen LogP) is 5.75. The highest BCUT2D eigenvalue weighted by molar-refractivity contribution is 7.97. The highest BCUT2D eigenvalue weighted by Crippen LogP contribution is 2.48. The zero-order valence-corrected chi connectivity index (χ0v) is 26.1. The van der Waals surface area contributed by atoms with E-state index in [0.717, 1.165) is 54.8 Å². The predicted molar refractivity (Wildman–Crippen MR) is 166 cm³/mol. The molecule has 1 N–H and O–H groups in total. The number of nitrogens with zero attached hydrogens (tertiary/aromatic N) is 3. The molecule has 0 bridgehead atoms. The molecule has 9 nitrogen and oxygen atoms in total. The van der Waals surface area contributed by atoms with Crippen molar-refractivity contribution in [1.82, 2.24) is 19.5 Å². The average molecular weight is 603 g/mol. The number of hydrogen-bond donors (Lipinski definition) is 1. The van der Waals surface area contributed by atoms with Crippen molar-refractivity contribution in [1.29, 1.82) is 0 Å². The maximum Gasteiger partial charge on any atom is 0.421 e. The van der Waals surface area contributed by atoms with Gasteiger partial charge in [-0.25, -0.2) is 18.9 Å². The molecular formula is C33H38N4O5S. The molecule has 0 unspecified atom stereocenters. The first-order chi connectivity index (χ1) is 20.6. The zero-order valence-electron chi connectivity index (χ0n) is 25.3. The van der Waals surface area contributed by atoms with E-state index in [1.807, 2.05) is 24.3 Å². The van der Waals surface area contributed by atoms with E-state index in [2.05, 4.69) is 33.4 Å². The number of pyridine rings is 1. The lowest BCUT2D eigenvalue weighted by Gasteiger charge is -2.35. The van der Waals surface area contributed by atoms with Crippen molar-refractivity contribution in [2.75, 3.05) is 32.8 Å². The number of esters is 1. The molecule has 2 aromatic carbocycles. The number of benzene rings is 2. The Kier molecular flexibility index (Phi) is 9.19. The fraction of sp³-hybridized carbons (Fsp3) is 0.394. The average Bonchev–Trinajstić information content (AvgIpc) is 3.33.